The molecule has 0 saturated carbocycles. The number of carboxylic acid groups (broad SMARTS) is 2. The van der Waals surface area contributed by atoms with Gasteiger partial charge in [-0.25, -0.2) is 14.6 Å². The molecule has 1 unspecified atom stereocenters. The van der Waals surface area contributed by atoms with E-state index in [2.05, 4.69) is 15.6 Å². The average molecular weight is 593 g/mol. The number of thioether (sulfide) groups is 1. The monoisotopic (exact) mass is 592 g/mol. The quantitative estimate of drug-likeness (QED) is 0.104. The maximum absolute atomic E-state index is 12.7. The topological polar surface area (TPSA) is 189 Å². The molecule has 1 atom stereocenters. The smallest absolute Gasteiger partial charge is 0.336 e. The number of rotatable bonds is 10. The Morgan fingerprint density at radius 3 is 2.34 bits per heavy atom. The standard InChI is InChI=1S/C27H20N4O8S2/c1-14(23(32)30-27-29-22(13-40-27)15-3-2-4-18(11-15)31(38)39)41-19-8-6-17(7-9-19)28-24(33)20-10-5-16(25(34)35)12-21(20)26(36)37/h2-14H,1H3,(H,28,33)(H,34,35)(H,36,37)(H,29,30,32). The van der Waals surface area contributed by atoms with Gasteiger partial charge in [0.05, 0.1) is 32.6 Å². The molecule has 2 amide bonds. The zero-order valence-corrected chi connectivity index (χ0v) is 22.7. The van der Waals surface area contributed by atoms with E-state index in [9.17, 15) is 34.4 Å². The van der Waals surface area contributed by atoms with Crippen LogP contribution in [-0.2, 0) is 4.79 Å². The van der Waals surface area contributed by atoms with Gasteiger partial charge in [0.15, 0.2) is 5.13 Å². The number of hydrogen-bond acceptors (Lipinski definition) is 9. The minimum Gasteiger partial charge on any atom is -0.478 e. The van der Waals surface area contributed by atoms with E-state index in [1.165, 1.54) is 35.2 Å². The molecule has 12 nitrogen and oxygen atoms in total. The minimum absolute atomic E-state index is 0.0592. The van der Waals surface area contributed by atoms with Gasteiger partial charge in [0.1, 0.15) is 0 Å². The van der Waals surface area contributed by atoms with E-state index in [-0.39, 0.29) is 22.7 Å². The van der Waals surface area contributed by atoms with E-state index in [0.29, 0.717) is 22.1 Å². The number of amides is 2. The molecule has 41 heavy (non-hydrogen) atoms. The van der Waals surface area contributed by atoms with E-state index >= 15 is 0 Å². The molecule has 1 aromatic heterocycles. The third-order valence-electron chi connectivity index (χ3n) is 5.62. The highest BCUT2D eigenvalue weighted by Gasteiger charge is 2.20. The van der Waals surface area contributed by atoms with Gasteiger partial charge in [0.2, 0.25) is 5.91 Å². The predicted octanol–water partition coefficient (Wildman–Crippen LogP) is 5.49. The summed E-state index contributed by atoms with van der Waals surface area (Å²) in [6.45, 7) is 1.71. The lowest BCUT2D eigenvalue weighted by atomic mass is 10.0. The zero-order chi connectivity index (χ0) is 29.7. The molecule has 4 N–H and O–H groups in total. The number of benzene rings is 3. The third kappa shape index (κ3) is 7.12. The maximum Gasteiger partial charge on any atom is 0.336 e. The SMILES string of the molecule is CC(Sc1ccc(NC(=O)c2ccc(C(=O)O)cc2C(=O)O)cc1)C(=O)Nc1nc(-c2cccc([N+](=O)[O-])c2)cs1. The van der Waals surface area contributed by atoms with Gasteiger partial charge < -0.3 is 20.8 Å². The Morgan fingerprint density at radius 1 is 0.951 bits per heavy atom. The first kappa shape index (κ1) is 28.9. The van der Waals surface area contributed by atoms with Gasteiger partial charge >= 0.3 is 11.9 Å². The van der Waals surface area contributed by atoms with Crippen LogP contribution in [0.5, 0.6) is 0 Å². The first-order valence-electron chi connectivity index (χ1n) is 11.7. The number of hydrogen-bond donors (Lipinski definition) is 4. The van der Waals surface area contributed by atoms with Gasteiger partial charge in [-0.05, 0) is 49.4 Å². The summed E-state index contributed by atoms with van der Waals surface area (Å²) in [5.74, 6) is -3.78. The Kier molecular flexibility index (Phi) is 8.75. The second kappa shape index (κ2) is 12.4. The molecular weight excluding hydrogens is 572 g/mol. The van der Waals surface area contributed by atoms with Crippen molar-refractivity contribution in [3.63, 3.8) is 0 Å². The van der Waals surface area contributed by atoms with Crippen molar-refractivity contribution in [2.75, 3.05) is 10.6 Å². The normalized spacial score (nSPS) is 11.3. The largest absolute Gasteiger partial charge is 0.478 e. The average Bonchev–Trinajstić information content (AvgIpc) is 3.42. The van der Waals surface area contributed by atoms with Crippen molar-refractivity contribution in [3.8, 4) is 11.3 Å². The second-order valence-corrected chi connectivity index (χ2v) is 10.7. The Hall–Kier alpha value is -5.08. The number of aromatic carboxylic acids is 2. The summed E-state index contributed by atoms with van der Waals surface area (Å²) in [7, 11) is 0. The van der Waals surface area contributed by atoms with E-state index < -0.39 is 33.6 Å². The molecule has 3 aromatic carbocycles. The van der Waals surface area contributed by atoms with Crippen LogP contribution in [0.25, 0.3) is 11.3 Å². The van der Waals surface area contributed by atoms with Crippen molar-refractivity contribution >= 4 is 63.4 Å². The number of carbonyl (C=O) groups excluding carboxylic acids is 2. The molecule has 14 heteroatoms. The fourth-order valence-corrected chi connectivity index (χ4v) is 5.16. The predicted molar refractivity (Wildman–Crippen MR) is 153 cm³/mol. The van der Waals surface area contributed by atoms with Gasteiger partial charge in [-0.2, -0.15) is 0 Å². The number of nitrogens with zero attached hydrogens (tertiary/aromatic N) is 2. The van der Waals surface area contributed by atoms with Crippen LogP contribution in [0.3, 0.4) is 0 Å². The highest BCUT2D eigenvalue weighted by Crippen LogP contribution is 2.29. The molecule has 4 aromatic rings. The number of nitrogens with one attached hydrogen (secondary N) is 2. The van der Waals surface area contributed by atoms with Crippen LogP contribution in [0.1, 0.15) is 38.0 Å². The number of aromatic nitrogens is 1. The van der Waals surface area contributed by atoms with Crippen molar-refractivity contribution in [2.45, 2.75) is 17.1 Å². The number of carboxylic acids is 2. The summed E-state index contributed by atoms with van der Waals surface area (Å²) in [4.78, 5) is 63.7. The fourth-order valence-electron chi connectivity index (χ4n) is 3.57. The summed E-state index contributed by atoms with van der Waals surface area (Å²) in [6.07, 6.45) is 0. The molecule has 0 aliphatic rings. The van der Waals surface area contributed by atoms with E-state index in [1.807, 2.05) is 0 Å². The van der Waals surface area contributed by atoms with Crippen molar-refractivity contribution in [2.24, 2.45) is 0 Å². The Bertz CT molecular complexity index is 1670. The fraction of sp³-hybridized carbons (Fsp3) is 0.0741. The summed E-state index contributed by atoms with van der Waals surface area (Å²) in [5, 5.41) is 36.3. The van der Waals surface area contributed by atoms with Gasteiger partial charge in [-0.3, -0.25) is 19.7 Å². The van der Waals surface area contributed by atoms with Crippen LogP contribution in [0, 0.1) is 10.1 Å². The van der Waals surface area contributed by atoms with Crippen molar-refractivity contribution in [1.29, 1.82) is 0 Å². The number of non-ortho nitro benzene ring substituents is 1. The molecule has 0 spiro atoms. The molecule has 0 saturated heterocycles. The van der Waals surface area contributed by atoms with Crippen molar-refractivity contribution in [3.05, 3.63) is 98.9 Å². The summed E-state index contributed by atoms with van der Waals surface area (Å²) in [5.41, 5.74) is 0.482. The number of carbonyl (C=O) groups is 4. The summed E-state index contributed by atoms with van der Waals surface area (Å²) < 4.78 is 0. The van der Waals surface area contributed by atoms with Crippen LogP contribution >= 0.6 is 23.1 Å². The Labute approximate surface area is 240 Å². The van der Waals surface area contributed by atoms with Crippen LogP contribution in [-0.4, -0.2) is 49.1 Å². The second-order valence-electron chi connectivity index (χ2n) is 8.44. The first-order valence-corrected chi connectivity index (χ1v) is 13.5. The Balaban J connectivity index is 1.36. The molecule has 1 heterocycles. The number of nitro benzene ring substituents is 1. The summed E-state index contributed by atoms with van der Waals surface area (Å²) >= 11 is 2.45. The lowest BCUT2D eigenvalue weighted by Gasteiger charge is -2.12. The van der Waals surface area contributed by atoms with E-state index in [1.54, 1.807) is 48.7 Å². The van der Waals surface area contributed by atoms with Gasteiger partial charge in [-0.15, -0.1) is 23.1 Å². The van der Waals surface area contributed by atoms with E-state index in [4.69, 9.17) is 5.11 Å². The van der Waals surface area contributed by atoms with Gasteiger partial charge in [0, 0.05) is 33.7 Å². The first-order chi connectivity index (χ1) is 19.5. The number of anilines is 2. The highest BCUT2D eigenvalue weighted by molar-refractivity contribution is 8.00. The van der Waals surface area contributed by atoms with Crippen LogP contribution in [0.15, 0.2) is 77.0 Å². The molecule has 0 radical (unpaired) electrons. The Morgan fingerprint density at radius 2 is 1.68 bits per heavy atom. The van der Waals surface area contributed by atoms with Gasteiger partial charge in [0.25, 0.3) is 11.6 Å². The van der Waals surface area contributed by atoms with Crippen LogP contribution in [0.4, 0.5) is 16.5 Å². The van der Waals surface area contributed by atoms with Crippen LogP contribution in [0.2, 0.25) is 0 Å². The molecule has 0 fully saturated rings. The number of thiazole rings is 1. The lowest BCUT2D eigenvalue weighted by molar-refractivity contribution is -0.384. The van der Waals surface area contributed by atoms with E-state index in [0.717, 1.165) is 23.1 Å². The molecule has 208 valence electrons. The number of nitro groups is 1. The van der Waals surface area contributed by atoms with Gasteiger partial charge in [-0.1, -0.05) is 12.1 Å². The van der Waals surface area contributed by atoms with Crippen molar-refractivity contribution in [1.82, 2.24) is 4.98 Å². The third-order valence-corrected chi connectivity index (χ3v) is 7.49. The maximum atomic E-state index is 12.7. The summed E-state index contributed by atoms with van der Waals surface area (Å²) in [6, 6.07) is 15.8. The molecular formula is C27H20N4O8S2. The highest BCUT2D eigenvalue weighted by atomic mass is 32.2. The minimum atomic E-state index is -1.43. The lowest BCUT2D eigenvalue weighted by Crippen LogP contribution is -2.22. The molecule has 0 bridgehead atoms. The van der Waals surface area contributed by atoms with Crippen molar-refractivity contribution < 1.29 is 34.3 Å². The molecule has 4 rings (SSSR count). The molecule has 0 aliphatic heterocycles. The zero-order valence-electron chi connectivity index (χ0n) is 21.1. The molecule has 0 aliphatic carbocycles. The van der Waals surface area contributed by atoms with Crippen LogP contribution < -0.4 is 10.6 Å².